The van der Waals surface area contributed by atoms with E-state index in [1.54, 1.807) is 21.3 Å². The molecular weight excluding hydrogens is 362 g/mol. The molecule has 2 aliphatic heterocycles. The minimum Gasteiger partial charge on any atom is -0.481 e. The van der Waals surface area contributed by atoms with E-state index in [4.69, 9.17) is 9.57 Å². The highest BCUT2D eigenvalue weighted by Crippen LogP contribution is 2.35. The van der Waals surface area contributed by atoms with Crippen molar-refractivity contribution < 1.29 is 14.4 Å². The summed E-state index contributed by atoms with van der Waals surface area (Å²) in [7, 11) is 0. The molecule has 1 amide bonds. The maximum Gasteiger partial charge on any atom is 0.428 e. The number of amides is 1. The Morgan fingerprint density at radius 3 is 2.59 bits per heavy atom. The van der Waals surface area contributed by atoms with Crippen LogP contribution in [0.15, 0.2) is 6.07 Å². The Morgan fingerprint density at radius 1 is 1.26 bits per heavy atom. The molecule has 27 heavy (non-hydrogen) atoms. The molecule has 0 saturated carbocycles. The summed E-state index contributed by atoms with van der Waals surface area (Å²) in [5.41, 5.74) is 1.34. The van der Waals surface area contributed by atoms with E-state index in [9.17, 15) is 4.79 Å². The van der Waals surface area contributed by atoms with E-state index < -0.39 is 0 Å². The molecule has 152 valence electrons. The van der Waals surface area contributed by atoms with Gasteiger partial charge in [-0.2, -0.15) is 0 Å². The molecule has 3 rings (SSSR count). The minimum atomic E-state index is -0.256. The van der Waals surface area contributed by atoms with Gasteiger partial charge in [-0.15, -0.1) is 16.4 Å². The average Bonchev–Trinajstić information content (AvgIpc) is 3.04. The fraction of sp³-hybridized carbons (Fsp3) is 0.750. The van der Waals surface area contributed by atoms with Crippen molar-refractivity contribution in [3.63, 3.8) is 0 Å². The highest BCUT2D eigenvalue weighted by molar-refractivity contribution is 7.14. The lowest BCUT2D eigenvalue weighted by Gasteiger charge is -2.34. The van der Waals surface area contributed by atoms with E-state index in [0.717, 1.165) is 44.0 Å². The number of hydrogen-bond donors (Lipinski definition) is 0. The van der Waals surface area contributed by atoms with Gasteiger partial charge in [-0.3, -0.25) is 0 Å². The molecule has 0 atom stereocenters. The molecule has 1 aromatic rings. The Labute approximate surface area is 167 Å². The lowest BCUT2D eigenvalue weighted by molar-refractivity contribution is -0.121. The van der Waals surface area contributed by atoms with Crippen molar-refractivity contribution in [2.45, 2.75) is 65.6 Å². The van der Waals surface area contributed by atoms with Crippen LogP contribution in [-0.2, 0) is 17.8 Å². The topological polar surface area (TPSA) is 45.3 Å². The predicted octanol–water partition coefficient (Wildman–Crippen LogP) is 3.75. The van der Waals surface area contributed by atoms with Gasteiger partial charge in [0.15, 0.2) is 5.06 Å². The van der Waals surface area contributed by atoms with Gasteiger partial charge in [0.1, 0.15) is 6.10 Å². The lowest BCUT2D eigenvalue weighted by atomic mass is 10.1. The number of carbonyl (C=O) groups is 1. The standard InChI is InChI=1S/C20H33N3O3S/c1-5-21(6-2)20(24)26-23-12-7-16-13-19(27-18(16)14-23)25-17-8-10-22(11-9-17)15(3)4/h13,15,17H,5-12,14H2,1-4H3. The zero-order chi connectivity index (χ0) is 19.4. The molecule has 7 heteroatoms. The van der Waals surface area contributed by atoms with Gasteiger partial charge in [-0.1, -0.05) is 0 Å². The Hall–Kier alpha value is -1.31. The molecule has 2 aliphatic rings. The summed E-state index contributed by atoms with van der Waals surface area (Å²) in [5, 5.41) is 2.80. The first-order valence-electron chi connectivity index (χ1n) is 10.2. The highest BCUT2D eigenvalue weighted by atomic mass is 32.1. The molecule has 6 nitrogen and oxygen atoms in total. The van der Waals surface area contributed by atoms with Crippen molar-refractivity contribution in [2.24, 2.45) is 0 Å². The second kappa shape index (κ2) is 9.26. The summed E-state index contributed by atoms with van der Waals surface area (Å²) < 4.78 is 6.28. The van der Waals surface area contributed by atoms with Crippen LogP contribution in [0.1, 0.15) is 51.0 Å². The SMILES string of the molecule is CCN(CC)C(=O)ON1CCc2cc(OC3CCN(C(C)C)CC3)sc2C1. The van der Waals surface area contributed by atoms with Crippen molar-refractivity contribution in [2.75, 3.05) is 32.7 Å². The van der Waals surface area contributed by atoms with Gasteiger partial charge in [0.2, 0.25) is 0 Å². The Balaban J connectivity index is 1.52. The Bertz CT molecular complexity index is 622. The zero-order valence-corrected chi connectivity index (χ0v) is 17.9. The van der Waals surface area contributed by atoms with Crippen LogP contribution in [0.4, 0.5) is 4.79 Å². The zero-order valence-electron chi connectivity index (χ0n) is 17.1. The van der Waals surface area contributed by atoms with Crippen molar-refractivity contribution >= 4 is 17.4 Å². The second-order valence-corrected chi connectivity index (χ2v) is 8.70. The third-order valence-corrected chi connectivity index (χ3v) is 6.60. The van der Waals surface area contributed by atoms with Gasteiger partial charge in [-0.25, -0.2) is 4.79 Å². The quantitative estimate of drug-likeness (QED) is 0.734. The normalized spacial score (nSPS) is 19.1. The van der Waals surface area contributed by atoms with Crippen molar-refractivity contribution in [1.29, 1.82) is 0 Å². The number of hydroxylamine groups is 2. The molecule has 0 aliphatic carbocycles. The molecule has 1 aromatic heterocycles. The Morgan fingerprint density at radius 2 is 1.96 bits per heavy atom. The largest absolute Gasteiger partial charge is 0.481 e. The maximum absolute atomic E-state index is 12.2. The van der Waals surface area contributed by atoms with E-state index >= 15 is 0 Å². The first kappa shape index (κ1) is 20.4. The van der Waals surface area contributed by atoms with E-state index in [1.165, 1.54) is 10.4 Å². The number of nitrogens with zero attached hydrogens (tertiary/aromatic N) is 3. The van der Waals surface area contributed by atoms with E-state index in [0.29, 0.717) is 31.8 Å². The van der Waals surface area contributed by atoms with Crippen molar-refractivity contribution in [3.8, 4) is 5.06 Å². The molecule has 1 fully saturated rings. The smallest absolute Gasteiger partial charge is 0.428 e. The summed E-state index contributed by atoms with van der Waals surface area (Å²) in [6, 6.07) is 2.81. The van der Waals surface area contributed by atoms with Crippen LogP contribution >= 0.6 is 11.3 Å². The van der Waals surface area contributed by atoms with E-state index in [1.807, 2.05) is 13.8 Å². The minimum absolute atomic E-state index is 0.256. The lowest BCUT2D eigenvalue weighted by Crippen LogP contribution is -2.41. The number of carbonyl (C=O) groups excluding carboxylic acids is 1. The fourth-order valence-corrected chi connectivity index (χ4v) is 4.86. The molecule has 0 aromatic carbocycles. The maximum atomic E-state index is 12.2. The first-order valence-corrected chi connectivity index (χ1v) is 11.1. The van der Waals surface area contributed by atoms with Crippen LogP contribution in [0.3, 0.4) is 0 Å². The molecule has 0 spiro atoms. The van der Waals surface area contributed by atoms with Gasteiger partial charge in [0.25, 0.3) is 0 Å². The predicted molar refractivity (Wildman–Crippen MR) is 108 cm³/mol. The molecule has 3 heterocycles. The van der Waals surface area contributed by atoms with Crippen LogP contribution in [0.5, 0.6) is 5.06 Å². The van der Waals surface area contributed by atoms with Crippen LogP contribution in [0.2, 0.25) is 0 Å². The first-order chi connectivity index (χ1) is 13.0. The molecule has 0 unspecified atom stereocenters. The summed E-state index contributed by atoms with van der Waals surface area (Å²) in [6.07, 6.45) is 3.14. The summed E-state index contributed by atoms with van der Waals surface area (Å²) in [4.78, 5) is 23.2. The van der Waals surface area contributed by atoms with Crippen LogP contribution in [0, 0.1) is 0 Å². The van der Waals surface area contributed by atoms with Gasteiger partial charge in [-0.05, 0) is 58.6 Å². The highest BCUT2D eigenvalue weighted by Gasteiger charge is 2.26. The third-order valence-electron chi connectivity index (χ3n) is 5.54. The van der Waals surface area contributed by atoms with Gasteiger partial charge in [0.05, 0.1) is 6.54 Å². The molecule has 0 bridgehead atoms. The number of fused-ring (bicyclic) bond motifs is 1. The number of likely N-dealkylation sites (tertiary alicyclic amines) is 1. The molecule has 1 saturated heterocycles. The molecule has 0 radical (unpaired) electrons. The van der Waals surface area contributed by atoms with E-state index in [2.05, 4.69) is 24.8 Å². The molecule has 0 N–H and O–H groups in total. The number of piperidine rings is 1. The van der Waals surface area contributed by atoms with Crippen LogP contribution in [0.25, 0.3) is 0 Å². The monoisotopic (exact) mass is 395 g/mol. The summed E-state index contributed by atoms with van der Waals surface area (Å²) >= 11 is 1.70. The summed E-state index contributed by atoms with van der Waals surface area (Å²) in [5.74, 6) is 0. The van der Waals surface area contributed by atoms with Gasteiger partial charge >= 0.3 is 6.09 Å². The van der Waals surface area contributed by atoms with Crippen LogP contribution < -0.4 is 4.74 Å². The summed E-state index contributed by atoms with van der Waals surface area (Å²) in [6.45, 7) is 13.4. The number of hydrogen-bond acceptors (Lipinski definition) is 6. The van der Waals surface area contributed by atoms with E-state index in [-0.39, 0.29) is 6.09 Å². The number of ether oxygens (including phenoxy) is 1. The molecular formula is C20H33N3O3S. The third kappa shape index (κ3) is 5.15. The second-order valence-electron chi connectivity index (χ2n) is 7.60. The number of rotatable bonds is 6. The fourth-order valence-electron chi connectivity index (χ4n) is 3.73. The average molecular weight is 396 g/mol. The Kier molecular flexibility index (Phi) is 7.00. The number of thiophene rings is 1. The van der Waals surface area contributed by atoms with Crippen molar-refractivity contribution in [3.05, 3.63) is 16.5 Å². The van der Waals surface area contributed by atoms with Gasteiger partial charge < -0.3 is 19.4 Å². The van der Waals surface area contributed by atoms with Crippen LogP contribution in [-0.4, -0.2) is 65.8 Å². The van der Waals surface area contributed by atoms with Crippen molar-refractivity contribution in [1.82, 2.24) is 14.9 Å². The van der Waals surface area contributed by atoms with Gasteiger partial charge in [0, 0.05) is 43.6 Å².